The van der Waals surface area contributed by atoms with Gasteiger partial charge < -0.3 is 5.73 Å². The molecule has 0 atom stereocenters. The lowest BCUT2D eigenvalue weighted by Crippen LogP contribution is -2.37. The number of rotatable bonds is 4. The fourth-order valence-corrected chi connectivity index (χ4v) is 1.37. The van der Waals surface area contributed by atoms with Crippen LogP contribution in [0.4, 0.5) is 0 Å². The molecule has 0 saturated heterocycles. The molecule has 0 amide bonds. The second-order valence-corrected chi connectivity index (χ2v) is 3.42. The van der Waals surface area contributed by atoms with Gasteiger partial charge in [0.05, 0.1) is 5.69 Å². The van der Waals surface area contributed by atoms with Crippen LogP contribution in [0.1, 0.15) is 17.8 Å². The van der Waals surface area contributed by atoms with E-state index in [4.69, 9.17) is 11.6 Å². The molecule has 1 aromatic heterocycles. The maximum absolute atomic E-state index is 5.38. The maximum atomic E-state index is 5.38. The van der Waals surface area contributed by atoms with E-state index in [1.54, 1.807) is 0 Å². The molecule has 0 spiro atoms. The third kappa shape index (κ3) is 3.59. The molecule has 1 heterocycles. The lowest BCUT2D eigenvalue weighted by atomic mass is 10.4. The van der Waals surface area contributed by atoms with Crippen molar-refractivity contribution in [1.82, 2.24) is 15.2 Å². The lowest BCUT2D eigenvalue weighted by Gasteiger charge is -2.02. The van der Waals surface area contributed by atoms with E-state index in [0.717, 1.165) is 18.7 Å². The molecule has 0 aliphatic heterocycles. The minimum atomic E-state index is 0.267. The zero-order valence-corrected chi connectivity index (χ0v) is 9.20. The van der Waals surface area contributed by atoms with Crippen LogP contribution in [0.25, 0.3) is 0 Å². The Kier molecular flexibility index (Phi) is 4.11. The Labute approximate surface area is 89.3 Å². The minimum Gasteiger partial charge on any atom is -0.369 e. The van der Waals surface area contributed by atoms with E-state index in [1.165, 1.54) is 5.69 Å². The van der Waals surface area contributed by atoms with Crippen LogP contribution < -0.4 is 17.0 Å². The average molecular weight is 210 g/mol. The van der Waals surface area contributed by atoms with Crippen LogP contribution in [-0.2, 0) is 6.54 Å². The van der Waals surface area contributed by atoms with E-state index < -0.39 is 0 Å². The molecular formula is C9H18N6. The lowest BCUT2D eigenvalue weighted by molar-refractivity contribution is 0.567. The molecule has 0 bridgehead atoms. The molecular weight excluding hydrogens is 192 g/mol. The van der Waals surface area contributed by atoms with Gasteiger partial charge in [-0.3, -0.25) is 15.1 Å². The van der Waals surface area contributed by atoms with E-state index in [9.17, 15) is 0 Å². The highest BCUT2D eigenvalue weighted by atomic mass is 15.3. The van der Waals surface area contributed by atoms with Gasteiger partial charge >= 0.3 is 0 Å². The van der Waals surface area contributed by atoms with Gasteiger partial charge in [-0.2, -0.15) is 5.10 Å². The van der Waals surface area contributed by atoms with Gasteiger partial charge in [0.1, 0.15) is 0 Å². The topological polar surface area (TPSA) is 94.2 Å². The Balaban J connectivity index is 2.35. The van der Waals surface area contributed by atoms with Crippen molar-refractivity contribution in [2.24, 2.45) is 16.6 Å². The summed E-state index contributed by atoms with van der Waals surface area (Å²) in [5.74, 6) is 5.34. The molecule has 0 unspecified atom stereocenters. The number of aliphatic imine (C=N–C) groups is 1. The average Bonchev–Trinajstić information content (AvgIpc) is 2.52. The highest BCUT2D eigenvalue weighted by Gasteiger charge is 1.99. The van der Waals surface area contributed by atoms with Crippen LogP contribution in [0, 0.1) is 13.8 Å². The Morgan fingerprint density at radius 3 is 2.87 bits per heavy atom. The predicted molar refractivity (Wildman–Crippen MR) is 60.1 cm³/mol. The molecule has 6 nitrogen and oxygen atoms in total. The van der Waals surface area contributed by atoms with Crippen molar-refractivity contribution in [3.05, 3.63) is 17.5 Å². The first kappa shape index (κ1) is 11.5. The number of aryl methyl sites for hydroxylation is 3. The van der Waals surface area contributed by atoms with Crippen molar-refractivity contribution in [2.45, 2.75) is 26.8 Å². The molecule has 0 aliphatic carbocycles. The summed E-state index contributed by atoms with van der Waals surface area (Å²) in [6.45, 7) is 5.52. The van der Waals surface area contributed by atoms with Gasteiger partial charge in [-0.15, -0.1) is 0 Å². The van der Waals surface area contributed by atoms with Crippen LogP contribution >= 0.6 is 0 Å². The first-order valence-electron chi connectivity index (χ1n) is 4.91. The van der Waals surface area contributed by atoms with Gasteiger partial charge in [0.15, 0.2) is 0 Å². The standard InChI is InChI=1S/C9H18N6/c1-7-6-8(2)15(14-7)5-3-4-12-9(10)13-11/h6H,3-5,11H2,1-2H3,(H3,10,12,13). The highest BCUT2D eigenvalue weighted by Crippen LogP contribution is 2.02. The number of aromatic nitrogens is 2. The number of hydrogen-bond acceptors (Lipinski definition) is 3. The first-order valence-corrected chi connectivity index (χ1v) is 4.91. The smallest absolute Gasteiger partial charge is 0.203 e. The van der Waals surface area contributed by atoms with Crippen molar-refractivity contribution in [3.8, 4) is 0 Å². The van der Waals surface area contributed by atoms with E-state index >= 15 is 0 Å². The molecule has 0 aromatic carbocycles. The monoisotopic (exact) mass is 210 g/mol. The quantitative estimate of drug-likeness (QED) is 0.208. The summed E-state index contributed by atoms with van der Waals surface area (Å²) in [5, 5.41) is 4.34. The zero-order chi connectivity index (χ0) is 11.3. The Morgan fingerprint density at radius 1 is 1.60 bits per heavy atom. The van der Waals surface area contributed by atoms with Gasteiger partial charge in [-0.25, -0.2) is 5.84 Å². The summed E-state index contributed by atoms with van der Waals surface area (Å²) in [7, 11) is 0. The Bertz CT molecular complexity index is 340. The summed E-state index contributed by atoms with van der Waals surface area (Å²) in [5.41, 5.74) is 9.87. The molecule has 0 fully saturated rings. The fraction of sp³-hybridized carbons (Fsp3) is 0.556. The van der Waals surface area contributed by atoms with Crippen molar-refractivity contribution >= 4 is 5.96 Å². The highest BCUT2D eigenvalue weighted by molar-refractivity contribution is 5.76. The number of guanidine groups is 1. The molecule has 15 heavy (non-hydrogen) atoms. The number of hydrogen-bond donors (Lipinski definition) is 3. The minimum absolute atomic E-state index is 0.267. The summed E-state index contributed by atoms with van der Waals surface area (Å²) in [6, 6.07) is 2.05. The van der Waals surface area contributed by atoms with Gasteiger partial charge in [-0.05, 0) is 26.3 Å². The number of nitrogens with one attached hydrogen (secondary N) is 1. The molecule has 1 rings (SSSR count). The van der Waals surface area contributed by atoms with E-state index in [-0.39, 0.29) is 5.96 Å². The van der Waals surface area contributed by atoms with Crippen molar-refractivity contribution in [3.63, 3.8) is 0 Å². The third-order valence-corrected chi connectivity index (χ3v) is 2.06. The van der Waals surface area contributed by atoms with Crippen molar-refractivity contribution in [2.75, 3.05) is 6.54 Å². The van der Waals surface area contributed by atoms with Crippen LogP contribution in [-0.4, -0.2) is 22.3 Å². The molecule has 84 valence electrons. The Morgan fingerprint density at radius 2 is 2.33 bits per heavy atom. The van der Waals surface area contributed by atoms with Gasteiger partial charge in [0, 0.05) is 18.8 Å². The molecule has 6 heteroatoms. The van der Waals surface area contributed by atoms with Crippen molar-refractivity contribution in [1.29, 1.82) is 0 Å². The van der Waals surface area contributed by atoms with Gasteiger partial charge in [0.2, 0.25) is 5.96 Å². The Hall–Kier alpha value is -1.56. The van der Waals surface area contributed by atoms with Gasteiger partial charge in [-0.1, -0.05) is 0 Å². The number of nitrogens with zero attached hydrogens (tertiary/aromatic N) is 3. The molecule has 0 radical (unpaired) electrons. The van der Waals surface area contributed by atoms with Crippen LogP contribution in [0.5, 0.6) is 0 Å². The summed E-state index contributed by atoms with van der Waals surface area (Å²) < 4.78 is 1.97. The predicted octanol–water partition coefficient (Wildman–Crippen LogP) is -0.332. The summed E-state index contributed by atoms with van der Waals surface area (Å²) in [4.78, 5) is 4.01. The number of nitrogens with two attached hydrogens (primary N) is 2. The SMILES string of the molecule is Cc1cc(C)n(CCCN=C(N)NN)n1. The fourth-order valence-electron chi connectivity index (χ4n) is 1.37. The molecule has 0 saturated carbocycles. The van der Waals surface area contributed by atoms with E-state index in [2.05, 4.69) is 21.6 Å². The molecule has 5 N–H and O–H groups in total. The van der Waals surface area contributed by atoms with E-state index in [0.29, 0.717) is 6.54 Å². The summed E-state index contributed by atoms with van der Waals surface area (Å²) >= 11 is 0. The maximum Gasteiger partial charge on any atom is 0.203 e. The second-order valence-electron chi connectivity index (χ2n) is 3.42. The van der Waals surface area contributed by atoms with E-state index in [1.807, 2.05) is 18.5 Å². The second kappa shape index (κ2) is 5.35. The largest absolute Gasteiger partial charge is 0.369 e. The molecule has 1 aromatic rings. The van der Waals surface area contributed by atoms with Crippen molar-refractivity contribution < 1.29 is 0 Å². The van der Waals surface area contributed by atoms with Crippen LogP contribution in [0.15, 0.2) is 11.1 Å². The van der Waals surface area contributed by atoms with Crippen LogP contribution in [0.2, 0.25) is 0 Å². The van der Waals surface area contributed by atoms with Gasteiger partial charge in [0.25, 0.3) is 0 Å². The summed E-state index contributed by atoms with van der Waals surface area (Å²) in [6.07, 6.45) is 0.893. The normalized spacial score (nSPS) is 11.8. The van der Waals surface area contributed by atoms with Crippen LogP contribution in [0.3, 0.4) is 0 Å². The molecule has 0 aliphatic rings. The first-order chi connectivity index (χ1) is 7.13. The number of hydrazine groups is 1. The third-order valence-electron chi connectivity index (χ3n) is 2.06. The zero-order valence-electron chi connectivity index (χ0n) is 9.20.